The standard InChI is InChI=1S/C9H14N2O/c1-3-7-4-11-5-8(7)6(2)9(10)12/h4-6,11H,3H2,1-2H3,(H2,10,12)/t6-/m0/s1. The van der Waals surface area contributed by atoms with Crippen molar-refractivity contribution in [3.8, 4) is 0 Å². The summed E-state index contributed by atoms with van der Waals surface area (Å²) in [5.41, 5.74) is 7.38. The van der Waals surface area contributed by atoms with Crippen LogP contribution in [0, 0.1) is 0 Å². The number of hydrogen-bond donors (Lipinski definition) is 2. The summed E-state index contributed by atoms with van der Waals surface area (Å²) in [5.74, 6) is -0.462. The first-order valence-corrected chi connectivity index (χ1v) is 4.11. The van der Waals surface area contributed by atoms with Gasteiger partial charge in [-0.1, -0.05) is 6.92 Å². The largest absolute Gasteiger partial charge is 0.369 e. The van der Waals surface area contributed by atoms with E-state index in [1.54, 1.807) is 0 Å². The Kier molecular flexibility index (Phi) is 2.53. The van der Waals surface area contributed by atoms with Crippen molar-refractivity contribution in [1.29, 1.82) is 0 Å². The van der Waals surface area contributed by atoms with E-state index >= 15 is 0 Å². The number of hydrogen-bond acceptors (Lipinski definition) is 1. The molecule has 1 heterocycles. The first-order chi connectivity index (χ1) is 5.66. The molecule has 0 aliphatic rings. The van der Waals surface area contributed by atoms with Crippen LogP contribution in [-0.4, -0.2) is 10.9 Å². The zero-order valence-corrected chi connectivity index (χ0v) is 7.42. The number of aromatic nitrogens is 1. The smallest absolute Gasteiger partial charge is 0.224 e. The lowest BCUT2D eigenvalue weighted by Gasteiger charge is -2.06. The molecule has 0 aromatic carbocycles. The summed E-state index contributed by atoms with van der Waals surface area (Å²) < 4.78 is 0. The lowest BCUT2D eigenvalue weighted by atomic mass is 9.99. The molecule has 0 radical (unpaired) electrons. The Hall–Kier alpha value is -1.25. The monoisotopic (exact) mass is 166 g/mol. The molecule has 3 nitrogen and oxygen atoms in total. The molecule has 1 amide bonds. The van der Waals surface area contributed by atoms with Gasteiger partial charge in [-0.2, -0.15) is 0 Å². The molecule has 0 aliphatic carbocycles. The number of amides is 1. The summed E-state index contributed by atoms with van der Waals surface area (Å²) >= 11 is 0. The molecule has 0 unspecified atom stereocenters. The summed E-state index contributed by atoms with van der Waals surface area (Å²) in [6.45, 7) is 3.88. The van der Waals surface area contributed by atoms with Crippen LogP contribution < -0.4 is 5.73 Å². The van der Waals surface area contributed by atoms with E-state index in [2.05, 4.69) is 11.9 Å². The van der Waals surface area contributed by atoms with Crippen molar-refractivity contribution in [2.45, 2.75) is 26.2 Å². The summed E-state index contributed by atoms with van der Waals surface area (Å²) in [4.78, 5) is 13.9. The molecular formula is C9H14N2O. The number of rotatable bonds is 3. The highest BCUT2D eigenvalue weighted by Gasteiger charge is 2.14. The zero-order chi connectivity index (χ0) is 9.14. The fourth-order valence-corrected chi connectivity index (χ4v) is 1.27. The van der Waals surface area contributed by atoms with Gasteiger partial charge in [0.05, 0.1) is 5.92 Å². The third-order valence-electron chi connectivity index (χ3n) is 2.14. The number of aromatic amines is 1. The molecule has 1 aromatic rings. The molecule has 0 spiro atoms. The van der Waals surface area contributed by atoms with Gasteiger partial charge in [0.2, 0.25) is 5.91 Å². The maximum Gasteiger partial charge on any atom is 0.224 e. The molecule has 0 bridgehead atoms. The Morgan fingerprint density at radius 2 is 2.33 bits per heavy atom. The first-order valence-electron chi connectivity index (χ1n) is 4.11. The van der Waals surface area contributed by atoms with Gasteiger partial charge in [0.25, 0.3) is 0 Å². The van der Waals surface area contributed by atoms with Gasteiger partial charge in [0, 0.05) is 12.4 Å². The number of primary amides is 1. The van der Waals surface area contributed by atoms with Gasteiger partial charge in [-0.15, -0.1) is 0 Å². The summed E-state index contributed by atoms with van der Waals surface area (Å²) in [6, 6.07) is 0. The number of nitrogens with two attached hydrogens (primary N) is 1. The maximum absolute atomic E-state index is 10.9. The van der Waals surface area contributed by atoms with Gasteiger partial charge >= 0.3 is 0 Å². The van der Waals surface area contributed by atoms with Crippen LogP contribution >= 0.6 is 0 Å². The number of H-pyrrole nitrogens is 1. The average Bonchev–Trinajstić information content (AvgIpc) is 2.49. The van der Waals surface area contributed by atoms with Gasteiger partial charge in [0.1, 0.15) is 0 Å². The van der Waals surface area contributed by atoms with Gasteiger partial charge in [0.15, 0.2) is 0 Å². The van der Waals surface area contributed by atoms with E-state index in [0.717, 1.165) is 12.0 Å². The fraction of sp³-hybridized carbons (Fsp3) is 0.444. The van der Waals surface area contributed by atoms with Crippen molar-refractivity contribution in [3.05, 3.63) is 23.5 Å². The lowest BCUT2D eigenvalue weighted by molar-refractivity contribution is -0.119. The Morgan fingerprint density at radius 3 is 2.83 bits per heavy atom. The van der Waals surface area contributed by atoms with Crippen molar-refractivity contribution in [1.82, 2.24) is 4.98 Å². The minimum Gasteiger partial charge on any atom is -0.369 e. The lowest BCUT2D eigenvalue weighted by Crippen LogP contribution is -2.19. The predicted molar refractivity (Wildman–Crippen MR) is 47.8 cm³/mol. The molecule has 12 heavy (non-hydrogen) atoms. The SMILES string of the molecule is CCc1c[nH]cc1[C@H](C)C(N)=O. The normalized spacial score (nSPS) is 12.8. The van der Waals surface area contributed by atoms with E-state index in [1.165, 1.54) is 5.56 Å². The molecule has 0 fully saturated rings. The quantitative estimate of drug-likeness (QED) is 0.695. The number of carbonyl (C=O) groups excluding carboxylic acids is 1. The Labute approximate surface area is 72.0 Å². The van der Waals surface area contributed by atoms with Crippen molar-refractivity contribution >= 4 is 5.91 Å². The zero-order valence-electron chi connectivity index (χ0n) is 7.42. The van der Waals surface area contributed by atoms with Crippen molar-refractivity contribution in [2.75, 3.05) is 0 Å². The topological polar surface area (TPSA) is 58.9 Å². The second-order valence-corrected chi connectivity index (χ2v) is 2.91. The van der Waals surface area contributed by atoms with Crippen LogP contribution in [-0.2, 0) is 11.2 Å². The second kappa shape index (κ2) is 3.43. The third-order valence-corrected chi connectivity index (χ3v) is 2.14. The van der Waals surface area contributed by atoms with Crippen LogP contribution in [0.2, 0.25) is 0 Å². The van der Waals surface area contributed by atoms with Crippen LogP contribution in [0.5, 0.6) is 0 Å². The number of aryl methyl sites for hydroxylation is 1. The van der Waals surface area contributed by atoms with E-state index in [0.29, 0.717) is 0 Å². The van der Waals surface area contributed by atoms with Gasteiger partial charge in [-0.3, -0.25) is 4.79 Å². The molecule has 1 rings (SSSR count). The van der Waals surface area contributed by atoms with E-state index in [4.69, 9.17) is 5.73 Å². The van der Waals surface area contributed by atoms with E-state index in [1.807, 2.05) is 19.3 Å². The first kappa shape index (κ1) is 8.84. The highest BCUT2D eigenvalue weighted by Crippen LogP contribution is 2.19. The van der Waals surface area contributed by atoms with Crippen LogP contribution in [0.4, 0.5) is 0 Å². The van der Waals surface area contributed by atoms with Crippen molar-refractivity contribution in [2.24, 2.45) is 5.73 Å². The number of nitrogens with one attached hydrogen (secondary N) is 1. The molecule has 3 heteroatoms. The fourth-order valence-electron chi connectivity index (χ4n) is 1.27. The molecule has 1 aromatic heterocycles. The van der Waals surface area contributed by atoms with Crippen molar-refractivity contribution < 1.29 is 4.79 Å². The Morgan fingerprint density at radius 1 is 1.67 bits per heavy atom. The average molecular weight is 166 g/mol. The predicted octanol–water partition coefficient (Wildman–Crippen LogP) is 1.17. The number of carbonyl (C=O) groups is 1. The highest BCUT2D eigenvalue weighted by atomic mass is 16.1. The molecule has 66 valence electrons. The maximum atomic E-state index is 10.9. The Bertz CT molecular complexity index is 278. The van der Waals surface area contributed by atoms with E-state index in [9.17, 15) is 4.79 Å². The van der Waals surface area contributed by atoms with Crippen LogP contribution in [0.25, 0.3) is 0 Å². The molecule has 0 aliphatic heterocycles. The molecular weight excluding hydrogens is 152 g/mol. The minimum atomic E-state index is -0.274. The van der Waals surface area contributed by atoms with Crippen LogP contribution in [0.1, 0.15) is 30.9 Å². The molecule has 1 atom stereocenters. The molecule has 0 saturated heterocycles. The Balaban J connectivity index is 2.93. The van der Waals surface area contributed by atoms with E-state index < -0.39 is 0 Å². The van der Waals surface area contributed by atoms with Gasteiger partial charge in [-0.25, -0.2) is 0 Å². The molecule has 3 N–H and O–H groups in total. The van der Waals surface area contributed by atoms with Crippen molar-refractivity contribution in [3.63, 3.8) is 0 Å². The van der Waals surface area contributed by atoms with Gasteiger partial charge in [-0.05, 0) is 24.5 Å². The van der Waals surface area contributed by atoms with Gasteiger partial charge < -0.3 is 10.7 Å². The second-order valence-electron chi connectivity index (χ2n) is 2.91. The minimum absolute atomic E-state index is 0.189. The van der Waals surface area contributed by atoms with Crippen LogP contribution in [0.3, 0.4) is 0 Å². The highest BCUT2D eigenvalue weighted by molar-refractivity contribution is 5.81. The summed E-state index contributed by atoms with van der Waals surface area (Å²) in [7, 11) is 0. The summed E-state index contributed by atoms with van der Waals surface area (Å²) in [5, 5.41) is 0. The molecule has 0 saturated carbocycles. The van der Waals surface area contributed by atoms with Crippen LogP contribution in [0.15, 0.2) is 12.4 Å². The third kappa shape index (κ3) is 1.49. The summed E-state index contributed by atoms with van der Waals surface area (Å²) in [6.07, 6.45) is 4.68. The van der Waals surface area contributed by atoms with E-state index in [-0.39, 0.29) is 11.8 Å².